The minimum atomic E-state index is -1.70. The third kappa shape index (κ3) is 7.06. The molecule has 2 saturated carbocycles. The Labute approximate surface area is 243 Å². The molecule has 0 aromatic carbocycles. The number of rotatable bonds is 10. The zero-order valence-electron chi connectivity index (χ0n) is 23.6. The maximum atomic E-state index is 13.0. The average Bonchev–Trinajstić information content (AvgIpc) is 2.92. The highest BCUT2D eigenvalue weighted by Crippen LogP contribution is 2.34. The van der Waals surface area contributed by atoms with Crippen LogP contribution < -0.4 is 33.6 Å². The molecule has 2 aliphatic carbocycles. The molecule has 14 atom stereocenters. The molecule has 0 bridgehead atoms. The van der Waals surface area contributed by atoms with Gasteiger partial charge in [-0.2, -0.15) is 0 Å². The molecule has 2 aliphatic heterocycles. The summed E-state index contributed by atoms with van der Waals surface area (Å²) in [5.74, 6) is -0.732. The van der Waals surface area contributed by atoms with Crippen LogP contribution in [-0.4, -0.2) is 153 Å². The lowest BCUT2D eigenvalue weighted by Crippen LogP contribution is -2.70. The number of aliphatic hydroxyl groups is 6. The summed E-state index contributed by atoms with van der Waals surface area (Å²) in [6.07, 6.45) is -12.0. The first-order chi connectivity index (χ1) is 19.8. The maximum absolute atomic E-state index is 13.0. The zero-order chi connectivity index (χ0) is 30.9. The number of carbonyl (C=O) groups is 1. The Hall–Kier alpha value is -1.13. The lowest BCUT2D eigenvalue weighted by molar-refractivity contribution is -0.316. The van der Waals surface area contributed by atoms with Gasteiger partial charge in [-0.05, 0) is 19.4 Å². The lowest BCUT2D eigenvalue weighted by Gasteiger charge is -2.49. The van der Waals surface area contributed by atoms with Crippen molar-refractivity contribution in [2.24, 2.45) is 22.9 Å². The Bertz CT molecular complexity index is 901. The normalized spacial score (nSPS) is 49.7. The van der Waals surface area contributed by atoms with E-state index in [1.807, 2.05) is 6.92 Å². The SMILES string of the molecule is CCNC[C@H]1O[C@H](O[C@H]2[C@H](O)[C@@H](O[C@H]3O[C@H](CO)[C@@H](O)[C@H](N)[C@H]3O)[C@H](NC(=O)C3(O)CC(N)C3)C[C@@H]2N)[C@H](N)C[C@@H]1O. The van der Waals surface area contributed by atoms with Gasteiger partial charge in [0, 0.05) is 31.5 Å². The Kier molecular flexibility index (Phi) is 11.2. The number of amides is 1. The van der Waals surface area contributed by atoms with Gasteiger partial charge in [0.25, 0.3) is 5.91 Å². The molecule has 4 aliphatic rings. The van der Waals surface area contributed by atoms with E-state index in [9.17, 15) is 35.4 Å². The number of nitrogens with one attached hydrogen (secondary N) is 2. The van der Waals surface area contributed by atoms with Crippen LogP contribution in [0.4, 0.5) is 0 Å². The smallest absolute Gasteiger partial charge is 0.252 e. The summed E-state index contributed by atoms with van der Waals surface area (Å²) in [4.78, 5) is 13.0. The summed E-state index contributed by atoms with van der Waals surface area (Å²) in [7, 11) is 0. The van der Waals surface area contributed by atoms with Crippen molar-refractivity contribution in [3.63, 3.8) is 0 Å². The van der Waals surface area contributed by atoms with Crippen LogP contribution in [0.5, 0.6) is 0 Å². The van der Waals surface area contributed by atoms with E-state index in [1.54, 1.807) is 0 Å². The molecular formula is C25H48N6O11. The van der Waals surface area contributed by atoms with Gasteiger partial charge in [0.1, 0.15) is 42.2 Å². The van der Waals surface area contributed by atoms with E-state index in [4.69, 9.17) is 41.9 Å². The van der Waals surface area contributed by atoms with Crippen molar-refractivity contribution in [3.05, 3.63) is 0 Å². The van der Waals surface area contributed by atoms with Crippen LogP contribution in [0.25, 0.3) is 0 Å². The van der Waals surface area contributed by atoms with E-state index in [0.29, 0.717) is 13.1 Å². The standard InChI is InChI=1S/C25H48N6O11/c1-2-30-7-14-13(33)4-11(28)22(39-14)41-20-10(27)3-12(31-24(37)25(38)5-9(26)6-25)21(19(20)36)42-23-18(35)16(29)17(34)15(8-32)40-23/h9-23,30,32-36,38H,2-8,26-29H2,1H3,(H,31,37)/t9?,10-,11+,12+,13-,14+,15+,16-,17+,18+,19-,20+,21-,22+,23+,25?/m0/s1. The molecule has 1 amide bonds. The fourth-order valence-electron chi connectivity index (χ4n) is 6.08. The van der Waals surface area contributed by atoms with Crippen LogP contribution in [0.15, 0.2) is 0 Å². The van der Waals surface area contributed by atoms with Gasteiger partial charge in [-0.3, -0.25) is 4.79 Å². The van der Waals surface area contributed by atoms with Crippen molar-refractivity contribution in [1.29, 1.82) is 0 Å². The summed E-state index contributed by atoms with van der Waals surface area (Å²) in [6, 6.07) is -4.23. The average molecular weight is 609 g/mol. The van der Waals surface area contributed by atoms with Gasteiger partial charge >= 0.3 is 0 Å². The van der Waals surface area contributed by atoms with E-state index in [1.165, 1.54) is 0 Å². The van der Waals surface area contributed by atoms with Crippen molar-refractivity contribution in [2.45, 2.75) is 130 Å². The number of ether oxygens (including phenoxy) is 4. The van der Waals surface area contributed by atoms with Crippen molar-refractivity contribution in [3.8, 4) is 0 Å². The molecule has 2 heterocycles. The number of likely N-dealkylation sites (N-methyl/N-ethyl adjacent to an activating group) is 1. The Morgan fingerprint density at radius 3 is 2.17 bits per heavy atom. The third-order valence-corrected chi connectivity index (χ3v) is 8.67. The Balaban J connectivity index is 1.54. The van der Waals surface area contributed by atoms with Gasteiger partial charge in [-0.25, -0.2) is 0 Å². The van der Waals surface area contributed by atoms with Crippen molar-refractivity contribution in [1.82, 2.24) is 10.6 Å². The molecule has 4 fully saturated rings. The van der Waals surface area contributed by atoms with Gasteiger partial charge in [-0.15, -0.1) is 0 Å². The monoisotopic (exact) mass is 608 g/mol. The van der Waals surface area contributed by atoms with Crippen LogP contribution in [0.1, 0.15) is 32.6 Å². The van der Waals surface area contributed by atoms with Crippen LogP contribution in [-0.2, 0) is 23.7 Å². The molecule has 16 N–H and O–H groups in total. The maximum Gasteiger partial charge on any atom is 0.252 e. The topological polar surface area (TPSA) is 304 Å². The third-order valence-electron chi connectivity index (χ3n) is 8.67. The summed E-state index contributed by atoms with van der Waals surface area (Å²) in [5, 5.41) is 68.9. The number of carbonyl (C=O) groups excluding carboxylic acids is 1. The highest BCUT2D eigenvalue weighted by molar-refractivity contribution is 5.86. The molecule has 0 aromatic heterocycles. The molecule has 42 heavy (non-hydrogen) atoms. The number of nitrogens with two attached hydrogens (primary N) is 4. The van der Waals surface area contributed by atoms with E-state index >= 15 is 0 Å². The minimum Gasteiger partial charge on any atom is -0.394 e. The minimum absolute atomic E-state index is 0.00735. The fraction of sp³-hybridized carbons (Fsp3) is 0.960. The largest absolute Gasteiger partial charge is 0.394 e. The van der Waals surface area contributed by atoms with E-state index in [-0.39, 0.29) is 31.7 Å². The Morgan fingerprint density at radius 1 is 0.905 bits per heavy atom. The molecule has 2 saturated heterocycles. The van der Waals surface area contributed by atoms with Crippen LogP contribution in [0.3, 0.4) is 0 Å². The molecule has 17 heteroatoms. The number of hydrogen-bond acceptors (Lipinski definition) is 16. The second-order valence-corrected chi connectivity index (χ2v) is 12.0. The van der Waals surface area contributed by atoms with Crippen molar-refractivity contribution < 1.29 is 54.4 Å². The summed E-state index contributed by atoms with van der Waals surface area (Å²) in [5.41, 5.74) is 22.6. The van der Waals surface area contributed by atoms with Crippen LogP contribution in [0, 0.1) is 0 Å². The van der Waals surface area contributed by atoms with Gasteiger partial charge in [0.2, 0.25) is 0 Å². The molecule has 244 valence electrons. The van der Waals surface area contributed by atoms with Crippen molar-refractivity contribution >= 4 is 5.91 Å². The molecule has 0 spiro atoms. The van der Waals surface area contributed by atoms with Crippen LogP contribution in [0.2, 0.25) is 0 Å². The van der Waals surface area contributed by atoms with E-state index < -0.39 is 104 Å². The molecule has 4 rings (SSSR count). The molecule has 17 nitrogen and oxygen atoms in total. The first-order valence-corrected chi connectivity index (χ1v) is 14.5. The lowest BCUT2D eigenvalue weighted by atomic mass is 9.75. The predicted molar refractivity (Wildman–Crippen MR) is 144 cm³/mol. The highest BCUT2D eigenvalue weighted by Gasteiger charge is 2.53. The Morgan fingerprint density at radius 2 is 1.55 bits per heavy atom. The number of aliphatic hydroxyl groups excluding tert-OH is 5. The second-order valence-electron chi connectivity index (χ2n) is 12.0. The highest BCUT2D eigenvalue weighted by atomic mass is 16.7. The predicted octanol–water partition coefficient (Wildman–Crippen LogP) is -6.64. The van der Waals surface area contributed by atoms with Gasteiger partial charge in [0.05, 0.1) is 36.9 Å². The first-order valence-electron chi connectivity index (χ1n) is 14.5. The zero-order valence-corrected chi connectivity index (χ0v) is 23.6. The molecule has 0 radical (unpaired) electrons. The van der Waals surface area contributed by atoms with E-state index in [0.717, 1.165) is 0 Å². The van der Waals surface area contributed by atoms with Crippen molar-refractivity contribution in [2.75, 3.05) is 19.7 Å². The van der Waals surface area contributed by atoms with E-state index in [2.05, 4.69) is 10.6 Å². The summed E-state index contributed by atoms with van der Waals surface area (Å²) >= 11 is 0. The summed E-state index contributed by atoms with van der Waals surface area (Å²) in [6.45, 7) is 2.26. The first kappa shape index (κ1) is 33.8. The van der Waals surface area contributed by atoms with Crippen LogP contribution >= 0.6 is 0 Å². The summed E-state index contributed by atoms with van der Waals surface area (Å²) < 4.78 is 23.5. The molecular weight excluding hydrogens is 560 g/mol. The van der Waals surface area contributed by atoms with Gasteiger partial charge < -0.3 is 83.2 Å². The molecule has 0 unspecified atom stereocenters. The number of hydrogen-bond donors (Lipinski definition) is 12. The quantitative estimate of drug-likeness (QED) is 0.110. The van der Waals surface area contributed by atoms with Gasteiger partial charge in [0.15, 0.2) is 12.6 Å². The second kappa shape index (κ2) is 13.9. The fourth-order valence-corrected chi connectivity index (χ4v) is 6.08. The van der Waals surface area contributed by atoms with Gasteiger partial charge in [-0.1, -0.05) is 6.92 Å². The molecule has 0 aromatic rings.